The molecular formula is C14H23N3O2. The molecule has 0 heterocycles. The van der Waals surface area contributed by atoms with Crippen molar-refractivity contribution in [2.24, 2.45) is 10.9 Å². The average molecular weight is 265 g/mol. The Kier molecular flexibility index (Phi) is 5.79. The van der Waals surface area contributed by atoms with Gasteiger partial charge in [0, 0.05) is 12.1 Å². The van der Waals surface area contributed by atoms with E-state index in [4.69, 9.17) is 10.9 Å². The Balaban J connectivity index is 2.83. The van der Waals surface area contributed by atoms with E-state index in [1.165, 1.54) is 0 Å². The van der Waals surface area contributed by atoms with Gasteiger partial charge in [-0.3, -0.25) is 0 Å². The molecule has 0 bridgehead atoms. The van der Waals surface area contributed by atoms with Crippen molar-refractivity contribution in [2.75, 3.05) is 13.2 Å². The van der Waals surface area contributed by atoms with Crippen LogP contribution in [0.15, 0.2) is 35.5 Å². The lowest BCUT2D eigenvalue weighted by molar-refractivity contribution is 0.170. The van der Waals surface area contributed by atoms with E-state index in [0.717, 1.165) is 12.0 Å². The highest BCUT2D eigenvalue weighted by atomic mass is 16.4. The van der Waals surface area contributed by atoms with Gasteiger partial charge in [0.1, 0.15) is 5.84 Å². The Hall–Kier alpha value is -1.59. The molecule has 1 aromatic rings. The quantitative estimate of drug-likeness (QED) is 0.258. The molecule has 0 saturated carbocycles. The Morgan fingerprint density at radius 3 is 2.53 bits per heavy atom. The van der Waals surface area contributed by atoms with Crippen molar-refractivity contribution in [3.63, 3.8) is 0 Å². The van der Waals surface area contributed by atoms with E-state index < -0.39 is 0 Å². The number of nitrogens with one attached hydrogen (secondary N) is 1. The Labute approximate surface area is 114 Å². The molecule has 0 aromatic heterocycles. The van der Waals surface area contributed by atoms with Gasteiger partial charge in [0.15, 0.2) is 0 Å². The standard InChI is InChI=1S/C14H23N3O2/c1-3-14(2,10-18)16-9-12(13(15)17-19)11-7-5-4-6-8-11/h4-8,12,16,18-19H,3,9-10H2,1-2H3,(H2,15,17). The van der Waals surface area contributed by atoms with Crippen LogP contribution < -0.4 is 11.1 Å². The normalized spacial score (nSPS) is 16.9. The summed E-state index contributed by atoms with van der Waals surface area (Å²) in [5.74, 6) is -0.0567. The second kappa shape index (κ2) is 7.11. The van der Waals surface area contributed by atoms with Crippen molar-refractivity contribution in [3.05, 3.63) is 35.9 Å². The first-order valence-corrected chi connectivity index (χ1v) is 6.44. The first-order chi connectivity index (χ1) is 9.06. The fraction of sp³-hybridized carbons (Fsp3) is 0.500. The van der Waals surface area contributed by atoms with Crippen molar-refractivity contribution in [1.29, 1.82) is 0 Å². The van der Waals surface area contributed by atoms with Crippen LogP contribution in [0.4, 0.5) is 0 Å². The zero-order chi connectivity index (χ0) is 14.3. The molecule has 0 saturated heterocycles. The SMILES string of the molecule is CCC(C)(CO)NCC(C(N)=NO)c1ccccc1. The van der Waals surface area contributed by atoms with Crippen LogP contribution in [-0.4, -0.2) is 34.8 Å². The molecule has 5 heteroatoms. The number of hydrogen-bond donors (Lipinski definition) is 4. The van der Waals surface area contributed by atoms with Crippen LogP contribution in [0.5, 0.6) is 0 Å². The van der Waals surface area contributed by atoms with Crippen molar-refractivity contribution in [3.8, 4) is 0 Å². The summed E-state index contributed by atoms with van der Waals surface area (Å²) in [6.07, 6.45) is 0.793. The maximum atomic E-state index is 9.39. The summed E-state index contributed by atoms with van der Waals surface area (Å²) in [6.45, 7) is 4.50. The second-order valence-electron chi connectivity index (χ2n) is 4.94. The minimum atomic E-state index is -0.358. The van der Waals surface area contributed by atoms with Gasteiger partial charge in [-0.15, -0.1) is 0 Å². The summed E-state index contributed by atoms with van der Waals surface area (Å²) in [4.78, 5) is 0. The lowest BCUT2D eigenvalue weighted by Gasteiger charge is -2.29. The van der Waals surface area contributed by atoms with Crippen LogP contribution in [0, 0.1) is 0 Å². The lowest BCUT2D eigenvalue weighted by atomic mass is 9.94. The summed E-state index contributed by atoms with van der Waals surface area (Å²) >= 11 is 0. The lowest BCUT2D eigenvalue weighted by Crippen LogP contribution is -2.48. The minimum absolute atomic E-state index is 0.0428. The molecule has 0 radical (unpaired) electrons. The minimum Gasteiger partial charge on any atom is -0.409 e. The summed E-state index contributed by atoms with van der Waals surface area (Å²) in [5.41, 5.74) is 6.37. The molecule has 0 aliphatic carbocycles. The highest BCUT2D eigenvalue weighted by molar-refractivity contribution is 5.87. The molecule has 0 aliphatic rings. The molecule has 106 valence electrons. The highest BCUT2D eigenvalue weighted by Gasteiger charge is 2.24. The van der Waals surface area contributed by atoms with Crippen molar-refractivity contribution < 1.29 is 10.3 Å². The maximum Gasteiger partial charge on any atom is 0.147 e. The number of amidine groups is 1. The van der Waals surface area contributed by atoms with Gasteiger partial charge in [0.2, 0.25) is 0 Å². The fourth-order valence-corrected chi connectivity index (χ4v) is 1.79. The highest BCUT2D eigenvalue weighted by Crippen LogP contribution is 2.17. The van der Waals surface area contributed by atoms with Crippen molar-refractivity contribution in [1.82, 2.24) is 5.32 Å². The van der Waals surface area contributed by atoms with Gasteiger partial charge in [-0.05, 0) is 18.9 Å². The van der Waals surface area contributed by atoms with Gasteiger partial charge in [0.05, 0.1) is 12.5 Å². The number of nitrogens with two attached hydrogens (primary N) is 1. The maximum absolute atomic E-state index is 9.39. The van der Waals surface area contributed by atoms with Gasteiger partial charge in [-0.25, -0.2) is 0 Å². The zero-order valence-electron chi connectivity index (χ0n) is 11.5. The molecule has 19 heavy (non-hydrogen) atoms. The van der Waals surface area contributed by atoms with Gasteiger partial charge in [0.25, 0.3) is 0 Å². The molecule has 0 amide bonds. The van der Waals surface area contributed by atoms with E-state index in [-0.39, 0.29) is 23.9 Å². The van der Waals surface area contributed by atoms with Gasteiger partial charge in [-0.1, -0.05) is 42.4 Å². The number of nitrogens with zero attached hydrogens (tertiary/aromatic N) is 1. The van der Waals surface area contributed by atoms with E-state index in [0.29, 0.717) is 6.54 Å². The van der Waals surface area contributed by atoms with Crippen LogP contribution in [-0.2, 0) is 0 Å². The zero-order valence-corrected chi connectivity index (χ0v) is 11.5. The third-order valence-electron chi connectivity index (χ3n) is 3.54. The van der Waals surface area contributed by atoms with Crippen molar-refractivity contribution >= 4 is 5.84 Å². The monoisotopic (exact) mass is 265 g/mol. The molecule has 0 spiro atoms. The van der Waals surface area contributed by atoms with Crippen LogP contribution >= 0.6 is 0 Å². The van der Waals surface area contributed by atoms with E-state index in [1.807, 2.05) is 44.2 Å². The molecule has 5 nitrogen and oxygen atoms in total. The molecule has 1 aromatic carbocycles. The molecule has 0 fully saturated rings. The number of benzene rings is 1. The number of aliphatic hydroxyl groups excluding tert-OH is 1. The summed E-state index contributed by atoms with van der Waals surface area (Å²) in [6, 6.07) is 9.62. The predicted octanol–water partition coefficient (Wildman–Crippen LogP) is 1.27. The summed E-state index contributed by atoms with van der Waals surface area (Å²) in [5, 5.41) is 24.7. The van der Waals surface area contributed by atoms with Crippen LogP contribution in [0.3, 0.4) is 0 Å². The molecular weight excluding hydrogens is 242 g/mol. The van der Waals surface area contributed by atoms with E-state index in [9.17, 15) is 5.11 Å². The molecule has 2 atom stereocenters. The van der Waals surface area contributed by atoms with E-state index in [2.05, 4.69) is 10.5 Å². The third kappa shape index (κ3) is 4.22. The topological polar surface area (TPSA) is 90.9 Å². The smallest absolute Gasteiger partial charge is 0.147 e. The van der Waals surface area contributed by atoms with Gasteiger partial charge >= 0.3 is 0 Å². The largest absolute Gasteiger partial charge is 0.409 e. The van der Waals surface area contributed by atoms with E-state index in [1.54, 1.807) is 0 Å². The Morgan fingerprint density at radius 1 is 1.42 bits per heavy atom. The van der Waals surface area contributed by atoms with Crippen LogP contribution in [0.25, 0.3) is 0 Å². The first-order valence-electron chi connectivity index (χ1n) is 6.44. The molecule has 0 aliphatic heterocycles. The van der Waals surface area contributed by atoms with Gasteiger partial charge < -0.3 is 21.4 Å². The number of hydrogen-bond acceptors (Lipinski definition) is 4. The molecule has 1 rings (SSSR count). The van der Waals surface area contributed by atoms with E-state index >= 15 is 0 Å². The number of aliphatic hydroxyl groups is 1. The summed E-state index contributed by atoms with van der Waals surface area (Å²) in [7, 11) is 0. The first kappa shape index (κ1) is 15.5. The van der Waals surface area contributed by atoms with Crippen LogP contribution in [0.2, 0.25) is 0 Å². The summed E-state index contributed by atoms with van der Waals surface area (Å²) < 4.78 is 0. The van der Waals surface area contributed by atoms with Crippen molar-refractivity contribution in [2.45, 2.75) is 31.7 Å². The fourth-order valence-electron chi connectivity index (χ4n) is 1.79. The van der Waals surface area contributed by atoms with Crippen LogP contribution in [0.1, 0.15) is 31.7 Å². The third-order valence-corrected chi connectivity index (χ3v) is 3.54. The Bertz CT molecular complexity index is 402. The molecule has 5 N–H and O–H groups in total. The number of oxime groups is 1. The average Bonchev–Trinajstić information content (AvgIpc) is 2.48. The number of rotatable bonds is 7. The predicted molar refractivity (Wildman–Crippen MR) is 76.4 cm³/mol. The molecule has 2 unspecified atom stereocenters. The van der Waals surface area contributed by atoms with Gasteiger partial charge in [-0.2, -0.15) is 0 Å². The Morgan fingerprint density at radius 2 is 2.05 bits per heavy atom. The second-order valence-corrected chi connectivity index (χ2v) is 4.94.